The summed E-state index contributed by atoms with van der Waals surface area (Å²) in [6.45, 7) is 1.96. The monoisotopic (exact) mass is 341 g/mol. The highest BCUT2D eigenvalue weighted by atomic mass is 19.4. The minimum Gasteiger partial charge on any atom is -0.462 e. The summed E-state index contributed by atoms with van der Waals surface area (Å²) in [4.78, 5) is 23.1. The maximum atomic E-state index is 12.7. The quantitative estimate of drug-likeness (QED) is 0.814. The molecule has 0 saturated heterocycles. The van der Waals surface area contributed by atoms with Crippen LogP contribution in [-0.2, 0) is 9.53 Å². The lowest BCUT2D eigenvalue weighted by Gasteiger charge is -2.21. The number of hydrogen-bond acceptors (Lipinski definition) is 4. The van der Waals surface area contributed by atoms with Crippen molar-refractivity contribution < 1.29 is 27.5 Å². The summed E-state index contributed by atoms with van der Waals surface area (Å²) in [7, 11) is 0. The van der Waals surface area contributed by atoms with Gasteiger partial charge in [0.05, 0.1) is 12.2 Å². The first-order valence-electron chi connectivity index (χ1n) is 7.70. The number of nitrogens with one attached hydrogen (secondary N) is 1. The van der Waals surface area contributed by atoms with Crippen LogP contribution < -0.4 is 5.32 Å². The Morgan fingerprint density at radius 1 is 1.12 bits per heavy atom. The maximum Gasteiger partial charge on any atom is 0.454 e. The van der Waals surface area contributed by atoms with Gasteiger partial charge in [0.1, 0.15) is 0 Å². The van der Waals surface area contributed by atoms with Crippen LogP contribution in [0.1, 0.15) is 43.0 Å². The summed E-state index contributed by atoms with van der Waals surface area (Å²) in [5.41, 5.74) is 0.967. The van der Waals surface area contributed by atoms with Gasteiger partial charge in [-0.15, -0.1) is 0 Å². The number of anilines is 1. The molecule has 0 bridgehead atoms. The topological polar surface area (TPSA) is 55.4 Å². The van der Waals surface area contributed by atoms with E-state index in [-0.39, 0.29) is 18.6 Å². The predicted octanol–water partition coefficient (Wildman–Crippen LogP) is 4.23. The number of ketones is 1. The Morgan fingerprint density at radius 3 is 2.33 bits per heavy atom. The van der Waals surface area contributed by atoms with Crippen molar-refractivity contribution in [3.8, 4) is 0 Å². The van der Waals surface area contributed by atoms with Gasteiger partial charge in [0, 0.05) is 17.0 Å². The molecule has 130 valence electrons. The lowest BCUT2D eigenvalue weighted by atomic mass is 9.93. The molecule has 0 amide bonds. The third-order valence-electron chi connectivity index (χ3n) is 3.69. The van der Waals surface area contributed by atoms with Gasteiger partial charge >= 0.3 is 12.1 Å². The van der Waals surface area contributed by atoms with Gasteiger partial charge in [-0.25, -0.2) is 4.79 Å². The van der Waals surface area contributed by atoms with Crippen LogP contribution in [0, 0.1) is 0 Å². The van der Waals surface area contributed by atoms with Gasteiger partial charge in [0.15, 0.2) is 0 Å². The molecule has 0 heterocycles. The van der Waals surface area contributed by atoms with Gasteiger partial charge in [-0.2, -0.15) is 13.2 Å². The van der Waals surface area contributed by atoms with E-state index in [9.17, 15) is 22.8 Å². The summed E-state index contributed by atoms with van der Waals surface area (Å²) in [6.07, 6.45) is -3.09. The number of carbonyl (C=O) groups is 2. The Labute approximate surface area is 137 Å². The zero-order valence-electron chi connectivity index (χ0n) is 13.2. The Kier molecular flexibility index (Phi) is 5.64. The van der Waals surface area contributed by atoms with Crippen molar-refractivity contribution in [1.82, 2.24) is 0 Å². The minimum atomic E-state index is -4.87. The first-order chi connectivity index (χ1) is 11.3. The van der Waals surface area contributed by atoms with E-state index in [2.05, 4.69) is 5.32 Å². The molecule has 1 N–H and O–H groups in total. The number of halogens is 3. The summed E-state index contributed by atoms with van der Waals surface area (Å²) in [5, 5.41) is 2.89. The Hall–Kier alpha value is -2.31. The zero-order valence-corrected chi connectivity index (χ0v) is 13.2. The average molecular weight is 341 g/mol. The molecule has 4 nitrogen and oxygen atoms in total. The standard InChI is InChI=1S/C17H18F3NO3/c1-2-24-16(23)11-7-9-12(10-8-11)21-14-6-4-3-5-13(14)15(22)17(18,19)20/h7-10,21H,2-6H2,1H3. The molecule has 0 fully saturated rings. The van der Waals surface area contributed by atoms with Gasteiger partial charge in [-0.05, 0) is 56.9 Å². The molecule has 24 heavy (non-hydrogen) atoms. The number of Topliss-reactive ketones (excluding diaryl/α,β-unsaturated/α-hetero) is 1. The average Bonchev–Trinajstić information content (AvgIpc) is 2.55. The van der Waals surface area contributed by atoms with Gasteiger partial charge in [-0.1, -0.05) is 0 Å². The van der Waals surface area contributed by atoms with Gasteiger partial charge < -0.3 is 10.1 Å². The van der Waals surface area contributed by atoms with E-state index in [0.717, 1.165) is 6.42 Å². The van der Waals surface area contributed by atoms with Crippen LogP contribution in [0.15, 0.2) is 35.5 Å². The Morgan fingerprint density at radius 2 is 1.75 bits per heavy atom. The van der Waals surface area contributed by atoms with E-state index in [1.54, 1.807) is 19.1 Å². The second kappa shape index (κ2) is 7.51. The highest BCUT2D eigenvalue weighted by Gasteiger charge is 2.42. The Bertz CT molecular complexity index is 648. The van der Waals surface area contributed by atoms with Crippen molar-refractivity contribution >= 4 is 17.4 Å². The van der Waals surface area contributed by atoms with Crippen LogP contribution in [0.3, 0.4) is 0 Å². The first-order valence-corrected chi connectivity index (χ1v) is 7.70. The number of ether oxygens (including phenoxy) is 1. The van der Waals surface area contributed by atoms with Gasteiger partial charge in [0.2, 0.25) is 0 Å². The van der Waals surface area contributed by atoms with E-state index >= 15 is 0 Å². The molecule has 2 rings (SSSR count). The summed E-state index contributed by atoms with van der Waals surface area (Å²) in [6, 6.07) is 6.19. The molecule has 0 spiro atoms. The smallest absolute Gasteiger partial charge is 0.454 e. The van der Waals surface area contributed by atoms with Crippen LogP contribution in [-0.4, -0.2) is 24.5 Å². The van der Waals surface area contributed by atoms with Crippen LogP contribution in [0.4, 0.5) is 18.9 Å². The molecule has 7 heteroatoms. The fraction of sp³-hybridized carbons (Fsp3) is 0.412. The molecule has 1 aromatic carbocycles. The number of esters is 1. The SMILES string of the molecule is CCOC(=O)c1ccc(NC2=C(C(=O)C(F)(F)F)CCCC2)cc1. The lowest BCUT2D eigenvalue weighted by Crippen LogP contribution is -2.28. The van der Waals surface area contributed by atoms with Crippen molar-refractivity contribution in [3.05, 3.63) is 41.1 Å². The number of alkyl halides is 3. The van der Waals surface area contributed by atoms with Crippen molar-refractivity contribution in [1.29, 1.82) is 0 Å². The molecule has 0 unspecified atom stereocenters. The fourth-order valence-electron chi connectivity index (χ4n) is 2.54. The number of carbonyl (C=O) groups excluding carboxylic acids is 2. The zero-order chi connectivity index (χ0) is 17.7. The number of rotatable bonds is 5. The van der Waals surface area contributed by atoms with Crippen LogP contribution in [0.5, 0.6) is 0 Å². The van der Waals surface area contributed by atoms with E-state index in [4.69, 9.17) is 4.74 Å². The van der Waals surface area contributed by atoms with Gasteiger partial charge in [0.25, 0.3) is 5.78 Å². The molecule has 1 aliphatic carbocycles. The second-order valence-corrected chi connectivity index (χ2v) is 5.41. The van der Waals surface area contributed by atoms with Gasteiger partial charge in [-0.3, -0.25) is 4.79 Å². The number of allylic oxidation sites excluding steroid dienone is 2. The Balaban J connectivity index is 2.19. The van der Waals surface area contributed by atoms with E-state index in [1.165, 1.54) is 12.1 Å². The molecule has 1 aliphatic rings. The maximum absolute atomic E-state index is 12.7. The summed E-state index contributed by atoms with van der Waals surface area (Å²) in [5.74, 6) is -2.25. The predicted molar refractivity (Wildman–Crippen MR) is 82.6 cm³/mol. The molecular weight excluding hydrogens is 323 g/mol. The molecule has 0 saturated carbocycles. The van der Waals surface area contributed by atoms with Crippen molar-refractivity contribution in [2.45, 2.75) is 38.8 Å². The van der Waals surface area contributed by atoms with E-state index in [1.807, 2.05) is 0 Å². The largest absolute Gasteiger partial charge is 0.462 e. The fourth-order valence-corrected chi connectivity index (χ4v) is 2.54. The van der Waals surface area contributed by atoms with E-state index < -0.39 is 17.9 Å². The van der Waals surface area contributed by atoms with E-state index in [0.29, 0.717) is 29.8 Å². The molecule has 0 atom stereocenters. The van der Waals surface area contributed by atoms with Crippen molar-refractivity contribution in [3.63, 3.8) is 0 Å². The highest BCUT2D eigenvalue weighted by molar-refractivity contribution is 6.00. The highest BCUT2D eigenvalue weighted by Crippen LogP contribution is 2.32. The number of hydrogen-bond donors (Lipinski definition) is 1. The van der Waals surface area contributed by atoms with Crippen LogP contribution in [0.25, 0.3) is 0 Å². The second-order valence-electron chi connectivity index (χ2n) is 5.41. The third-order valence-corrected chi connectivity index (χ3v) is 3.69. The van der Waals surface area contributed by atoms with Crippen molar-refractivity contribution in [2.24, 2.45) is 0 Å². The minimum absolute atomic E-state index is 0.113. The summed E-state index contributed by atoms with van der Waals surface area (Å²) >= 11 is 0. The third kappa shape index (κ3) is 4.37. The normalized spacial score (nSPS) is 15.2. The molecule has 1 aromatic rings. The van der Waals surface area contributed by atoms with Crippen LogP contribution >= 0.6 is 0 Å². The molecule has 0 radical (unpaired) electrons. The number of benzene rings is 1. The molecule has 0 aliphatic heterocycles. The summed E-state index contributed by atoms with van der Waals surface area (Å²) < 4.78 is 43.0. The lowest BCUT2D eigenvalue weighted by molar-refractivity contribution is -0.166. The molecular formula is C17H18F3NO3. The first kappa shape index (κ1) is 18.0. The van der Waals surface area contributed by atoms with Crippen molar-refractivity contribution in [2.75, 3.05) is 11.9 Å². The van der Waals surface area contributed by atoms with Crippen LogP contribution in [0.2, 0.25) is 0 Å². The molecule has 0 aromatic heterocycles.